The molecular weight excluding hydrogens is 1060 g/mol. The number of carboxylic acids is 1. The summed E-state index contributed by atoms with van der Waals surface area (Å²) >= 11 is 0. The maximum absolute atomic E-state index is 10.4. The van der Waals surface area contributed by atoms with E-state index in [-0.39, 0.29) is 7.43 Å². The number of fused-ring (bicyclic) bond motifs is 6. The average molecular weight is 1120 g/mol. The molecule has 8 aromatic heterocycles. The van der Waals surface area contributed by atoms with Crippen LogP contribution in [0.3, 0.4) is 0 Å². The summed E-state index contributed by atoms with van der Waals surface area (Å²) < 4.78 is 62.2. The highest BCUT2D eigenvalue weighted by Gasteiger charge is 2.41. The number of aldehydes is 1. The molecule has 0 saturated heterocycles. The van der Waals surface area contributed by atoms with Crippen LogP contribution in [0.4, 0.5) is 24.8 Å². The summed E-state index contributed by atoms with van der Waals surface area (Å²) in [6.07, 6.45) is 6.12. The minimum Gasteiger partial charge on any atom is -0.748 e. The number of carboxylic acid groups (broad SMARTS) is 1. The van der Waals surface area contributed by atoms with E-state index in [1.807, 2.05) is 49.2 Å². The van der Waals surface area contributed by atoms with E-state index in [9.17, 15) is 13.2 Å². The van der Waals surface area contributed by atoms with Gasteiger partial charge in [0.05, 0.1) is 74.8 Å². The van der Waals surface area contributed by atoms with E-state index < -0.39 is 34.1 Å². The Morgan fingerprint density at radius 1 is 0.605 bits per heavy atom. The average Bonchev–Trinajstić information content (AvgIpc) is 3.63. The Morgan fingerprint density at radius 3 is 1.44 bits per heavy atom. The molecule has 81 heavy (non-hydrogen) atoms. The molecule has 0 radical (unpaired) electrons. The smallest absolute Gasteiger partial charge is 0.446 e. The quantitative estimate of drug-likeness (QED) is 0.0652. The lowest BCUT2D eigenvalue weighted by atomic mass is 9.76. The second-order valence-electron chi connectivity index (χ2n) is 19.9. The molecule has 1 N–H and O–H groups in total. The lowest BCUT2D eigenvalue weighted by Gasteiger charge is -2.38. The third-order valence-electron chi connectivity index (χ3n) is 12.2. The van der Waals surface area contributed by atoms with Gasteiger partial charge in [-0.3, -0.25) is 23.7 Å². The van der Waals surface area contributed by atoms with Crippen molar-refractivity contribution in [3.63, 3.8) is 0 Å². The maximum atomic E-state index is 10.4. The third-order valence-corrected chi connectivity index (χ3v) is 12.2. The molecule has 11 aromatic rings. The highest BCUT2D eigenvalue weighted by molar-refractivity contribution is 7.84. The number of carbonyl (C=O) groups is 2. The fraction of sp³-hybridized carbons (Fsp3) is 0.180. The zero-order valence-electron chi connectivity index (χ0n) is 45.0. The Bertz CT molecular complexity index is 3930. The summed E-state index contributed by atoms with van der Waals surface area (Å²) in [6, 6.07) is 53.1. The van der Waals surface area contributed by atoms with Crippen LogP contribution in [0.1, 0.15) is 31.0 Å². The van der Waals surface area contributed by atoms with Gasteiger partial charge in [0, 0.05) is 94.2 Å². The lowest BCUT2D eigenvalue weighted by Crippen LogP contribution is -2.37. The Kier molecular flexibility index (Phi) is 19.1. The fourth-order valence-corrected chi connectivity index (χ4v) is 8.83. The highest BCUT2D eigenvalue weighted by atomic mass is 32.2. The van der Waals surface area contributed by atoms with Gasteiger partial charge in [0.2, 0.25) is 17.9 Å². The zero-order chi connectivity index (χ0) is 58.0. The van der Waals surface area contributed by atoms with Crippen molar-refractivity contribution in [1.82, 2.24) is 48.4 Å². The second kappa shape index (κ2) is 25.4. The Hall–Kier alpha value is -9.08. The molecule has 0 spiro atoms. The first-order valence-corrected chi connectivity index (χ1v) is 26.4. The topological polar surface area (TPSA) is 212 Å². The van der Waals surface area contributed by atoms with Gasteiger partial charge in [-0.1, -0.05) is 98.4 Å². The van der Waals surface area contributed by atoms with Crippen molar-refractivity contribution >= 4 is 77.9 Å². The summed E-state index contributed by atoms with van der Waals surface area (Å²) in [6.45, 7) is 0.972. The second-order valence-corrected chi connectivity index (χ2v) is 21.3. The van der Waals surface area contributed by atoms with Crippen LogP contribution < -0.4 is 14.1 Å². The van der Waals surface area contributed by atoms with Crippen LogP contribution in [0.5, 0.6) is 0 Å². The van der Waals surface area contributed by atoms with Crippen LogP contribution in [-0.4, -0.2) is 119 Å². The summed E-state index contributed by atoms with van der Waals surface area (Å²) in [4.78, 5) is 49.0. The molecule has 0 aliphatic carbocycles. The Labute approximate surface area is 467 Å². The molecule has 418 valence electrons. The first-order chi connectivity index (χ1) is 37.8. The summed E-state index contributed by atoms with van der Waals surface area (Å²) in [5, 5.41) is 13.2. The van der Waals surface area contributed by atoms with Crippen LogP contribution in [0.2, 0.25) is 0 Å². The molecule has 16 nitrogen and oxygen atoms in total. The van der Waals surface area contributed by atoms with Gasteiger partial charge in [-0.25, -0.2) is 28.4 Å². The van der Waals surface area contributed by atoms with Gasteiger partial charge in [0.1, 0.15) is 16.8 Å². The summed E-state index contributed by atoms with van der Waals surface area (Å²) in [5.41, 5.74) is 10.6. The number of aromatic amines is 1. The minimum atomic E-state index is -4.64. The van der Waals surface area contributed by atoms with Gasteiger partial charge < -0.3 is 24.0 Å². The number of nitrogens with zero attached hydrogens (tertiary/aromatic N) is 9. The molecule has 0 unspecified atom stereocenters. The standard InChI is InChI=1S/C37H32N5.C18H18N5.C2HF3O.C2H4O2.CH4O3S.CH4/c1-42(2,3)35-25-27(21-24-39-35)33-20-19-31-32-26-38-23-22-34(32)41(36(31)40-33)37(28-13-7-4-8-14-28,29-15-9-5-10-16-29)30-17-11-6-12-18-30;1-23(2,3)17-10-12(6-9-20-17)15-5-4-13-14-11-19-8-7-16(14)22-18(13)21-15;3-2(4,5)1-6;1-2(3)4;1-5(2,3)4;/h4-26H,1-3H3;4-11H,1-3H3,(H,21,22);1H;1H3,(H,3,4);1H3,(H,2,3,4);1H4/q2*+1;;;;/p-2. The van der Waals surface area contributed by atoms with Crippen molar-refractivity contribution < 1.29 is 40.8 Å². The molecule has 0 saturated carbocycles. The lowest BCUT2D eigenvalue weighted by molar-refractivity contribution is -0.302. The molecule has 0 atom stereocenters. The molecule has 0 amide bonds. The Morgan fingerprint density at radius 2 is 1.01 bits per heavy atom. The molecular formula is C61H61F3N10O6S. The van der Waals surface area contributed by atoms with E-state index in [1.54, 1.807) is 6.20 Å². The molecule has 0 aliphatic heterocycles. The molecule has 0 fully saturated rings. The predicted octanol–water partition coefficient (Wildman–Crippen LogP) is 10.4. The first-order valence-electron chi connectivity index (χ1n) is 24.6. The van der Waals surface area contributed by atoms with Crippen LogP contribution in [-0.2, 0) is 25.2 Å². The van der Waals surface area contributed by atoms with Crippen molar-refractivity contribution in [3.8, 4) is 22.5 Å². The van der Waals surface area contributed by atoms with E-state index in [0.29, 0.717) is 15.2 Å². The number of rotatable bonds is 8. The van der Waals surface area contributed by atoms with Crippen molar-refractivity contribution in [2.45, 2.75) is 26.1 Å². The van der Waals surface area contributed by atoms with Crippen molar-refractivity contribution in [2.75, 3.05) is 48.5 Å². The third kappa shape index (κ3) is 15.0. The summed E-state index contributed by atoms with van der Waals surface area (Å²) in [5.74, 6) is 0.900. The number of hydrogen-bond donors (Lipinski definition) is 1. The van der Waals surface area contributed by atoms with Crippen molar-refractivity contribution in [2.24, 2.45) is 0 Å². The van der Waals surface area contributed by atoms with Crippen LogP contribution >= 0.6 is 0 Å². The van der Waals surface area contributed by atoms with Crippen LogP contribution in [0, 0.1) is 0 Å². The minimum absolute atomic E-state index is 0. The number of nitrogens with one attached hydrogen (secondary N) is 1. The number of quaternary nitrogens is 2. The number of H-pyrrole nitrogens is 1. The summed E-state index contributed by atoms with van der Waals surface area (Å²) in [7, 11) is 8.78. The largest absolute Gasteiger partial charge is 0.748 e. The van der Waals surface area contributed by atoms with Gasteiger partial charge in [0.25, 0.3) is 0 Å². The van der Waals surface area contributed by atoms with Crippen molar-refractivity contribution in [3.05, 3.63) is 206 Å². The number of halogens is 3. The number of alkyl halides is 3. The maximum Gasteiger partial charge on any atom is 0.446 e. The van der Waals surface area contributed by atoms with Gasteiger partial charge in [-0.2, -0.15) is 13.2 Å². The molecule has 8 heterocycles. The number of aromatic nitrogens is 8. The van der Waals surface area contributed by atoms with Gasteiger partial charge in [0.15, 0.2) is 0 Å². The number of aliphatic carboxylic acids is 1. The highest BCUT2D eigenvalue weighted by Crippen LogP contribution is 2.46. The SMILES string of the molecule is C.CC(=O)[O-].CS(=O)(=O)[O-].C[N+](C)(C)c1cc(-c2ccc3c(n2)[nH]c2ccncc23)ccn1.C[N+](C)(C)c1cc(-c2ccc3c4cnccc4n(C(c4ccccc4)(c4ccccc4)c4ccccc4)c3n2)ccn1.O=CC(F)(F)F. The fourth-order valence-electron chi connectivity index (χ4n) is 8.83. The normalized spacial score (nSPS) is 11.6. The van der Waals surface area contributed by atoms with E-state index in [1.165, 1.54) is 0 Å². The van der Waals surface area contributed by atoms with Crippen molar-refractivity contribution in [1.29, 1.82) is 0 Å². The van der Waals surface area contributed by atoms with Crippen LogP contribution in [0.25, 0.3) is 66.4 Å². The molecule has 11 rings (SSSR count). The van der Waals surface area contributed by atoms with Gasteiger partial charge in [-0.15, -0.1) is 0 Å². The zero-order valence-corrected chi connectivity index (χ0v) is 45.8. The number of carbonyl (C=O) groups excluding carboxylic acids is 2. The van der Waals surface area contributed by atoms with Crippen LogP contribution in [0.15, 0.2) is 189 Å². The first kappa shape index (κ1) is 61.1. The predicted molar refractivity (Wildman–Crippen MR) is 312 cm³/mol. The van der Waals surface area contributed by atoms with E-state index in [0.717, 1.165) is 102 Å². The monoisotopic (exact) mass is 1120 g/mol. The number of hydrogen-bond acceptors (Lipinski definition) is 12. The Balaban J connectivity index is 0.000000226. The number of pyridine rings is 6. The van der Waals surface area contributed by atoms with E-state index in [4.69, 9.17) is 37.6 Å². The van der Waals surface area contributed by atoms with E-state index >= 15 is 0 Å². The molecule has 3 aromatic carbocycles. The molecule has 0 aliphatic rings. The molecule has 20 heteroatoms. The van der Waals surface area contributed by atoms with Gasteiger partial charge in [-0.05, 0) is 72.1 Å². The molecule has 0 bridgehead atoms. The van der Waals surface area contributed by atoms with Gasteiger partial charge >= 0.3 is 6.18 Å². The number of benzene rings is 3. The van der Waals surface area contributed by atoms with E-state index in [2.05, 4.69) is 205 Å².